The van der Waals surface area contributed by atoms with Gasteiger partial charge in [-0.3, -0.25) is 0 Å². The molecule has 0 spiro atoms. The number of hydrogen-bond acceptors (Lipinski definition) is 6. The van der Waals surface area contributed by atoms with E-state index in [1.54, 1.807) is 0 Å². The summed E-state index contributed by atoms with van der Waals surface area (Å²) in [5, 5.41) is 21.3. The van der Waals surface area contributed by atoms with Crippen molar-refractivity contribution < 1.29 is 29.2 Å². The van der Waals surface area contributed by atoms with Gasteiger partial charge in [-0.15, -0.1) is 0 Å². The highest BCUT2D eigenvalue weighted by Gasteiger charge is 2.40. The third-order valence-corrected chi connectivity index (χ3v) is 4.26. The Labute approximate surface area is 132 Å². The fourth-order valence-corrected chi connectivity index (χ4v) is 3.13. The molecule has 0 amide bonds. The van der Waals surface area contributed by atoms with Gasteiger partial charge in [0.05, 0.1) is 25.4 Å². The van der Waals surface area contributed by atoms with E-state index < -0.39 is 6.10 Å². The molecule has 0 fully saturated rings. The van der Waals surface area contributed by atoms with E-state index in [2.05, 4.69) is 0 Å². The molecule has 0 saturated carbocycles. The smallest absolute Gasteiger partial charge is 0.231 e. The van der Waals surface area contributed by atoms with Crippen LogP contribution in [0, 0.1) is 0 Å². The van der Waals surface area contributed by atoms with Gasteiger partial charge >= 0.3 is 0 Å². The molecule has 0 unspecified atom stereocenters. The molecular formula is C17H16O6. The predicted molar refractivity (Wildman–Crippen MR) is 80.4 cm³/mol. The number of aromatic hydroxyl groups is 1. The lowest BCUT2D eigenvalue weighted by molar-refractivity contribution is 0.0834. The molecular weight excluding hydrogens is 300 g/mol. The second kappa shape index (κ2) is 5.24. The van der Waals surface area contributed by atoms with E-state index in [-0.39, 0.29) is 36.4 Å². The number of benzene rings is 2. The molecule has 120 valence electrons. The van der Waals surface area contributed by atoms with Gasteiger partial charge in [0.15, 0.2) is 11.5 Å². The minimum absolute atomic E-state index is 0.0135. The van der Waals surface area contributed by atoms with E-state index >= 15 is 0 Å². The highest BCUT2D eigenvalue weighted by Crippen LogP contribution is 2.59. The van der Waals surface area contributed by atoms with Crippen molar-refractivity contribution in [3.63, 3.8) is 0 Å². The van der Waals surface area contributed by atoms with Crippen LogP contribution in [0.1, 0.15) is 23.1 Å². The average molecular weight is 316 g/mol. The van der Waals surface area contributed by atoms with Gasteiger partial charge in [-0.2, -0.15) is 0 Å². The van der Waals surface area contributed by atoms with Gasteiger partial charge in [0.1, 0.15) is 0 Å². The van der Waals surface area contributed by atoms with Gasteiger partial charge in [0.25, 0.3) is 0 Å². The molecule has 23 heavy (non-hydrogen) atoms. The van der Waals surface area contributed by atoms with Gasteiger partial charge in [-0.25, -0.2) is 0 Å². The third kappa shape index (κ3) is 1.98. The van der Waals surface area contributed by atoms with E-state index in [1.165, 1.54) is 7.11 Å². The quantitative estimate of drug-likeness (QED) is 0.885. The Bertz CT molecular complexity index is 743. The van der Waals surface area contributed by atoms with E-state index in [9.17, 15) is 10.2 Å². The molecule has 2 aliphatic heterocycles. The fourth-order valence-electron chi connectivity index (χ4n) is 3.13. The van der Waals surface area contributed by atoms with Gasteiger partial charge in [-0.05, 0) is 5.56 Å². The first-order chi connectivity index (χ1) is 11.2. The fraction of sp³-hybridized carbons (Fsp3) is 0.294. The molecule has 0 aromatic heterocycles. The topological polar surface area (TPSA) is 77.4 Å². The average Bonchev–Trinajstić information content (AvgIpc) is 3.06. The highest BCUT2D eigenvalue weighted by molar-refractivity contribution is 5.71. The van der Waals surface area contributed by atoms with Gasteiger partial charge in [0, 0.05) is 5.92 Å². The Kier molecular flexibility index (Phi) is 3.20. The Balaban J connectivity index is 1.86. The molecule has 2 N–H and O–H groups in total. The van der Waals surface area contributed by atoms with E-state index in [0.717, 1.165) is 5.56 Å². The number of phenolic OH excluding ortho intramolecular Hbond substituents is 1. The summed E-state index contributed by atoms with van der Waals surface area (Å²) in [5.41, 5.74) is 1.20. The van der Waals surface area contributed by atoms with Crippen LogP contribution in [0.25, 0.3) is 0 Å². The van der Waals surface area contributed by atoms with Crippen LogP contribution in [0.15, 0.2) is 30.3 Å². The summed E-state index contributed by atoms with van der Waals surface area (Å²) in [6.07, 6.45) is -0.940. The summed E-state index contributed by atoms with van der Waals surface area (Å²) in [5.74, 6) is 0.650. The lowest BCUT2D eigenvalue weighted by Crippen LogP contribution is -2.24. The first-order valence-corrected chi connectivity index (χ1v) is 7.30. The van der Waals surface area contributed by atoms with Crippen molar-refractivity contribution in [2.45, 2.75) is 12.0 Å². The molecule has 2 aliphatic rings. The molecule has 0 bridgehead atoms. The molecule has 2 aromatic carbocycles. The molecule has 6 nitrogen and oxygen atoms in total. The summed E-state index contributed by atoms with van der Waals surface area (Å²) >= 11 is 0. The highest BCUT2D eigenvalue weighted by atomic mass is 16.7. The minimum atomic E-state index is -0.940. The molecule has 0 radical (unpaired) electrons. The van der Waals surface area contributed by atoms with Crippen molar-refractivity contribution in [2.24, 2.45) is 0 Å². The van der Waals surface area contributed by atoms with Crippen molar-refractivity contribution in [1.29, 1.82) is 0 Å². The van der Waals surface area contributed by atoms with Crippen LogP contribution in [0.2, 0.25) is 0 Å². The van der Waals surface area contributed by atoms with Gasteiger partial charge < -0.3 is 29.2 Å². The van der Waals surface area contributed by atoms with Crippen molar-refractivity contribution in [2.75, 3.05) is 20.5 Å². The number of methoxy groups -OCH3 is 1. The van der Waals surface area contributed by atoms with Crippen LogP contribution in [-0.2, 0) is 0 Å². The van der Waals surface area contributed by atoms with Crippen molar-refractivity contribution in [3.8, 4) is 28.7 Å². The predicted octanol–water partition coefficient (Wildman–Crippen LogP) is 2.34. The van der Waals surface area contributed by atoms with E-state index in [1.807, 2.05) is 30.3 Å². The molecule has 0 saturated heterocycles. The first-order valence-electron chi connectivity index (χ1n) is 7.30. The lowest BCUT2D eigenvalue weighted by Gasteiger charge is -2.32. The zero-order valence-corrected chi connectivity index (χ0v) is 12.5. The number of phenols is 1. The Morgan fingerprint density at radius 3 is 2.52 bits per heavy atom. The number of aliphatic hydroxyl groups is 1. The summed E-state index contributed by atoms with van der Waals surface area (Å²) in [4.78, 5) is 0. The third-order valence-electron chi connectivity index (χ3n) is 4.26. The van der Waals surface area contributed by atoms with Crippen molar-refractivity contribution >= 4 is 0 Å². The maximum Gasteiger partial charge on any atom is 0.231 e. The van der Waals surface area contributed by atoms with Crippen LogP contribution >= 0.6 is 0 Å². The summed E-state index contributed by atoms with van der Waals surface area (Å²) in [6.45, 7) is 0.258. The Morgan fingerprint density at radius 1 is 1.04 bits per heavy atom. The standard InChI is InChI=1S/C17H16O6/c1-20-16-14-11(13(19)15-17(16)23-8-22-15)12(18)10(7-21-14)9-5-3-2-4-6-9/h2-6,10,12,18-19H,7-8H2,1H3/t10-,12-/m0/s1. The summed E-state index contributed by atoms with van der Waals surface area (Å²) in [6, 6.07) is 9.55. The summed E-state index contributed by atoms with van der Waals surface area (Å²) < 4.78 is 21.8. The van der Waals surface area contributed by atoms with Crippen LogP contribution in [0.4, 0.5) is 0 Å². The molecule has 2 atom stereocenters. The molecule has 0 aliphatic carbocycles. The zero-order valence-electron chi connectivity index (χ0n) is 12.5. The zero-order chi connectivity index (χ0) is 16.0. The summed E-state index contributed by atoms with van der Waals surface area (Å²) in [7, 11) is 1.48. The number of rotatable bonds is 2. The van der Waals surface area contributed by atoms with Crippen LogP contribution < -0.4 is 18.9 Å². The first kappa shape index (κ1) is 14.0. The van der Waals surface area contributed by atoms with Crippen molar-refractivity contribution in [3.05, 3.63) is 41.5 Å². The Morgan fingerprint density at radius 2 is 1.78 bits per heavy atom. The second-order valence-corrected chi connectivity index (χ2v) is 5.46. The monoisotopic (exact) mass is 316 g/mol. The second-order valence-electron chi connectivity index (χ2n) is 5.46. The number of fused-ring (bicyclic) bond motifs is 2. The normalized spacial score (nSPS) is 21.5. The van der Waals surface area contributed by atoms with Crippen LogP contribution in [0.3, 0.4) is 0 Å². The molecule has 2 heterocycles. The maximum absolute atomic E-state index is 10.8. The van der Waals surface area contributed by atoms with Crippen molar-refractivity contribution in [1.82, 2.24) is 0 Å². The largest absolute Gasteiger partial charge is 0.504 e. The SMILES string of the molecule is COc1c2c(c(O)c3c1OC[C@@H](c1ccccc1)[C@@H]3O)OCO2. The Hall–Kier alpha value is -2.60. The maximum atomic E-state index is 10.8. The van der Waals surface area contributed by atoms with Gasteiger partial charge in [0.2, 0.25) is 24.0 Å². The number of aliphatic hydroxyl groups excluding tert-OH is 1. The lowest BCUT2D eigenvalue weighted by atomic mass is 9.86. The number of ether oxygens (including phenoxy) is 4. The van der Waals surface area contributed by atoms with Crippen LogP contribution in [0.5, 0.6) is 28.7 Å². The minimum Gasteiger partial charge on any atom is -0.504 e. The number of hydrogen-bond donors (Lipinski definition) is 2. The van der Waals surface area contributed by atoms with Gasteiger partial charge in [-0.1, -0.05) is 30.3 Å². The van der Waals surface area contributed by atoms with E-state index in [0.29, 0.717) is 17.2 Å². The van der Waals surface area contributed by atoms with E-state index in [4.69, 9.17) is 18.9 Å². The molecule has 6 heteroatoms. The molecule has 4 rings (SSSR count). The molecule has 2 aromatic rings. The van der Waals surface area contributed by atoms with Crippen LogP contribution in [-0.4, -0.2) is 30.7 Å².